The van der Waals surface area contributed by atoms with Gasteiger partial charge in [0.15, 0.2) is 0 Å². The Morgan fingerprint density at radius 2 is 2.25 bits per heavy atom. The zero-order valence-corrected chi connectivity index (χ0v) is 12.7. The van der Waals surface area contributed by atoms with Gasteiger partial charge in [-0.1, -0.05) is 11.3 Å². The molecule has 2 rings (SSSR count). The largest absolute Gasteiger partial charge is 0.393 e. The number of nitrogens with zero attached hydrogens (tertiary/aromatic N) is 3. The quantitative estimate of drug-likeness (QED) is 0.748. The molecule has 1 aliphatic heterocycles. The molecular weight excluding hydrogens is 304 g/mol. The summed E-state index contributed by atoms with van der Waals surface area (Å²) in [7, 11) is -3.70. The Balaban J connectivity index is 2.15. The van der Waals surface area contributed by atoms with Crippen molar-refractivity contribution in [3.63, 3.8) is 0 Å². The second-order valence-corrected chi connectivity index (χ2v) is 7.80. The van der Waals surface area contributed by atoms with Gasteiger partial charge in [-0.15, -0.1) is 10.2 Å². The third-order valence-corrected chi connectivity index (χ3v) is 6.17. The molecule has 2 unspecified atom stereocenters. The van der Waals surface area contributed by atoms with E-state index in [2.05, 4.69) is 15.5 Å². The summed E-state index contributed by atoms with van der Waals surface area (Å²) in [4.78, 5) is 10.9. The summed E-state index contributed by atoms with van der Waals surface area (Å²) >= 11 is 0.818. The van der Waals surface area contributed by atoms with Crippen LogP contribution < -0.4 is 5.32 Å². The lowest BCUT2D eigenvalue weighted by Crippen LogP contribution is -2.30. The molecule has 8 nitrogen and oxygen atoms in total. The molecule has 0 saturated carbocycles. The number of aliphatic hydroxyl groups is 1. The van der Waals surface area contributed by atoms with E-state index in [-0.39, 0.29) is 27.8 Å². The monoisotopic (exact) mass is 320 g/mol. The fourth-order valence-electron chi connectivity index (χ4n) is 1.99. The van der Waals surface area contributed by atoms with Crippen molar-refractivity contribution in [2.45, 2.75) is 30.7 Å². The number of rotatable bonds is 4. The lowest BCUT2D eigenvalue weighted by molar-refractivity contribution is -0.114. The standard InChI is InChI=1S/C10H16N4O4S2/c1-6(15)8-3-4-14(5-8)20(17,18)10-13-12-9(19-10)11-7(2)16/h6,8,15H,3-5H2,1-2H3,(H,11,12,16). The maximum atomic E-state index is 12.3. The molecule has 1 fully saturated rings. The zero-order chi connectivity index (χ0) is 14.9. The molecule has 0 spiro atoms. The topological polar surface area (TPSA) is 112 Å². The molecule has 2 atom stereocenters. The van der Waals surface area contributed by atoms with Crippen LogP contribution >= 0.6 is 11.3 Å². The van der Waals surface area contributed by atoms with Gasteiger partial charge in [0.05, 0.1) is 6.10 Å². The summed E-state index contributed by atoms with van der Waals surface area (Å²) in [6.07, 6.45) is 0.0772. The van der Waals surface area contributed by atoms with Crippen molar-refractivity contribution < 1.29 is 18.3 Å². The Hall–Kier alpha value is -1.10. The summed E-state index contributed by atoms with van der Waals surface area (Å²) in [6.45, 7) is 3.59. The van der Waals surface area contributed by atoms with E-state index in [9.17, 15) is 18.3 Å². The van der Waals surface area contributed by atoms with Crippen molar-refractivity contribution in [3.8, 4) is 0 Å². The minimum absolute atomic E-state index is 0.0625. The average molecular weight is 320 g/mol. The molecule has 1 aromatic rings. The molecule has 1 aromatic heterocycles. The summed E-state index contributed by atoms with van der Waals surface area (Å²) in [5.74, 6) is -0.395. The molecule has 10 heteroatoms. The summed E-state index contributed by atoms with van der Waals surface area (Å²) in [5.41, 5.74) is 0. The van der Waals surface area contributed by atoms with Crippen LogP contribution in [-0.2, 0) is 14.8 Å². The van der Waals surface area contributed by atoms with Crippen LogP contribution in [0.1, 0.15) is 20.3 Å². The van der Waals surface area contributed by atoms with Crippen molar-refractivity contribution >= 4 is 32.4 Å². The van der Waals surface area contributed by atoms with E-state index in [0.29, 0.717) is 13.0 Å². The molecule has 0 aliphatic carbocycles. The van der Waals surface area contributed by atoms with Gasteiger partial charge in [0.2, 0.25) is 15.4 Å². The number of anilines is 1. The number of carbonyl (C=O) groups is 1. The minimum atomic E-state index is -3.70. The van der Waals surface area contributed by atoms with E-state index in [1.165, 1.54) is 11.2 Å². The van der Waals surface area contributed by atoms with Crippen molar-refractivity contribution in [1.82, 2.24) is 14.5 Å². The molecule has 20 heavy (non-hydrogen) atoms. The Bertz CT molecular complexity index is 598. The summed E-state index contributed by atoms with van der Waals surface area (Å²) in [6, 6.07) is 0. The Labute approximate surface area is 120 Å². The zero-order valence-electron chi connectivity index (χ0n) is 11.1. The van der Waals surface area contributed by atoms with Crippen LogP contribution in [0.2, 0.25) is 0 Å². The highest BCUT2D eigenvalue weighted by Gasteiger charge is 2.36. The van der Waals surface area contributed by atoms with Gasteiger partial charge < -0.3 is 10.4 Å². The maximum Gasteiger partial charge on any atom is 0.272 e. The lowest BCUT2D eigenvalue weighted by Gasteiger charge is -2.15. The molecule has 2 N–H and O–H groups in total. The van der Waals surface area contributed by atoms with E-state index in [0.717, 1.165) is 11.3 Å². The molecule has 1 aliphatic rings. The van der Waals surface area contributed by atoms with Gasteiger partial charge in [0.1, 0.15) is 0 Å². The SMILES string of the molecule is CC(=O)Nc1nnc(S(=O)(=O)N2CCC(C(C)O)C2)s1. The van der Waals surface area contributed by atoms with Gasteiger partial charge in [-0.05, 0) is 19.3 Å². The van der Waals surface area contributed by atoms with Crippen LogP contribution in [-0.4, -0.2) is 53.1 Å². The van der Waals surface area contributed by atoms with Gasteiger partial charge in [0.25, 0.3) is 10.0 Å². The first kappa shape index (κ1) is 15.3. The van der Waals surface area contributed by atoms with Crippen LogP contribution in [0, 0.1) is 5.92 Å². The predicted molar refractivity (Wildman–Crippen MR) is 72.8 cm³/mol. The van der Waals surface area contributed by atoms with Crippen molar-refractivity contribution in [2.75, 3.05) is 18.4 Å². The molecule has 112 valence electrons. The first-order chi connectivity index (χ1) is 9.30. The van der Waals surface area contributed by atoms with Gasteiger partial charge in [0, 0.05) is 20.0 Å². The summed E-state index contributed by atoms with van der Waals surface area (Å²) < 4.78 is 25.8. The predicted octanol–water partition coefficient (Wildman–Crippen LogP) is -0.112. The van der Waals surface area contributed by atoms with E-state index in [4.69, 9.17) is 0 Å². The molecular formula is C10H16N4O4S2. The highest BCUT2D eigenvalue weighted by molar-refractivity contribution is 7.91. The fourth-order valence-corrected chi connectivity index (χ4v) is 4.59. The first-order valence-corrected chi connectivity index (χ1v) is 8.35. The Morgan fingerprint density at radius 1 is 1.55 bits per heavy atom. The number of aliphatic hydroxyl groups excluding tert-OH is 1. The van der Waals surface area contributed by atoms with Crippen molar-refractivity contribution in [3.05, 3.63) is 0 Å². The van der Waals surface area contributed by atoms with Crippen LogP contribution in [0.4, 0.5) is 5.13 Å². The molecule has 1 amide bonds. The number of aromatic nitrogens is 2. The smallest absolute Gasteiger partial charge is 0.272 e. The third-order valence-electron chi connectivity index (χ3n) is 3.12. The van der Waals surface area contributed by atoms with Gasteiger partial charge in [-0.3, -0.25) is 4.79 Å². The molecule has 0 bridgehead atoms. The highest BCUT2D eigenvalue weighted by Crippen LogP contribution is 2.28. The lowest BCUT2D eigenvalue weighted by atomic mass is 10.0. The summed E-state index contributed by atoms with van der Waals surface area (Å²) in [5, 5.41) is 19.3. The van der Waals surface area contributed by atoms with Crippen LogP contribution in [0.15, 0.2) is 4.34 Å². The first-order valence-electron chi connectivity index (χ1n) is 6.10. The number of carbonyl (C=O) groups excluding carboxylic acids is 1. The average Bonchev–Trinajstić information content (AvgIpc) is 2.95. The highest BCUT2D eigenvalue weighted by atomic mass is 32.2. The second kappa shape index (κ2) is 5.72. The van der Waals surface area contributed by atoms with Crippen molar-refractivity contribution in [1.29, 1.82) is 0 Å². The van der Waals surface area contributed by atoms with Crippen LogP contribution in [0.3, 0.4) is 0 Å². The number of hydrogen-bond acceptors (Lipinski definition) is 7. The molecule has 0 aromatic carbocycles. The number of sulfonamides is 1. The Kier molecular flexibility index (Phi) is 4.37. The van der Waals surface area contributed by atoms with Crippen LogP contribution in [0.5, 0.6) is 0 Å². The van der Waals surface area contributed by atoms with E-state index in [1.807, 2.05) is 0 Å². The molecule has 1 saturated heterocycles. The number of amides is 1. The molecule has 2 heterocycles. The maximum absolute atomic E-state index is 12.3. The van der Waals surface area contributed by atoms with Crippen LogP contribution in [0.25, 0.3) is 0 Å². The normalized spacial score (nSPS) is 21.9. The van der Waals surface area contributed by atoms with Gasteiger partial charge in [-0.25, -0.2) is 8.42 Å². The second-order valence-electron chi connectivity index (χ2n) is 4.71. The van der Waals surface area contributed by atoms with Crippen molar-refractivity contribution in [2.24, 2.45) is 5.92 Å². The number of hydrogen-bond donors (Lipinski definition) is 2. The minimum Gasteiger partial charge on any atom is -0.393 e. The van der Waals surface area contributed by atoms with Gasteiger partial charge >= 0.3 is 0 Å². The third kappa shape index (κ3) is 3.14. The van der Waals surface area contributed by atoms with Gasteiger partial charge in [-0.2, -0.15) is 4.31 Å². The molecule has 0 radical (unpaired) electrons. The van der Waals surface area contributed by atoms with E-state index in [1.54, 1.807) is 6.92 Å². The van der Waals surface area contributed by atoms with E-state index >= 15 is 0 Å². The number of nitrogens with one attached hydrogen (secondary N) is 1. The fraction of sp³-hybridized carbons (Fsp3) is 0.700. The Morgan fingerprint density at radius 3 is 2.80 bits per heavy atom. The van der Waals surface area contributed by atoms with E-state index < -0.39 is 16.1 Å².